The van der Waals surface area contributed by atoms with Gasteiger partial charge in [0.15, 0.2) is 0 Å². The second-order valence-electron chi connectivity index (χ2n) is 4.71. The first-order valence-electron chi connectivity index (χ1n) is 5.77. The number of amides is 1. The van der Waals surface area contributed by atoms with Crippen molar-refractivity contribution < 1.29 is 9.53 Å². The summed E-state index contributed by atoms with van der Waals surface area (Å²) < 4.78 is 5.18. The predicted octanol–water partition coefficient (Wildman–Crippen LogP) is 1.36. The Balaban J connectivity index is 2.10. The highest BCUT2D eigenvalue weighted by atomic mass is 16.5. The van der Waals surface area contributed by atoms with Crippen LogP contribution in [0.2, 0.25) is 0 Å². The average molecular weight is 234 g/mol. The van der Waals surface area contributed by atoms with Gasteiger partial charge in [0.1, 0.15) is 5.54 Å². The largest absolute Gasteiger partial charge is 0.379 e. The van der Waals surface area contributed by atoms with Crippen molar-refractivity contribution >= 4 is 11.6 Å². The van der Waals surface area contributed by atoms with Crippen molar-refractivity contribution in [2.24, 2.45) is 5.73 Å². The van der Waals surface area contributed by atoms with Crippen molar-refractivity contribution in [2.75, 3.05) is 18.5 Å². The van der Waals surface area contributed by atoms with Gasteiger partial charge in [-0.1, -0.05) is 6.07 Å². The molecule has 1 heterocycles. The minimum Gasteiger partial charge on any atom is -0.379 e. The molecule has 2 rings (SSSR count). The zero-order chi connectivity index (χ0) is 12.5. The second-order valence-corrected chi connectivity index (χ2v) is 4.71. The highest BCUT2D eigenvalue weighted by molar-refractivity contribution is 5.98. The van der Waals surface area contributed by atoms with Crippen molar-refractivity contribution in [1.29, 1.82) is 0 Å². The minimum absolute atomic E-state index is 0.168. The van der Waals surface area contributed by atoms with E-state index in [0.717, 1.165) is 11.3 Å². The summed E-state index contributed by atoms with van der Waals surface area (Å²) in [4.78, 5) is 12.0. The zero-order valence-corrected chi connectivity index (χ0v) is 10.2. The van der Waals surface area contributed by atoms with Crippen molar-refractivity contribution in [3.63, 3.8) is 0 Å². The van der Waals surface area contributed by atoms with Gasteiger partial charge < -0.3 is 15.8 Å². The number of anilines is 1. The third-order valence-electron chi connectivity index (χ3n) is 3.27. The molecule has 0 spiro atoms. The van der Waals surface area contributed by atoms with Crippen molar-refractivity contribution in [3.8, 4) is 0 Å². The van der Waals surface area contributed by atoms with Gasteiger partial charge in [0.25, 0.3) is 0 Å². The molecule has 1 aromatic carbocycles. The third kappa shape index (κ3) is 2.48. The quantitative estimate of drug-likeness (QED) is 0.812. The van der Waals surface area contributed by atoms with Gasteiger partial charge in [-0.05, 0) is 43.5 Å². The number of rotatable bonds is 2. The molecule has 3 N–H and O–H groups in total. The van der Waals surface area contributed by atoms with Crippen LogP contribution in [0, 0.1) is 13.8 Å². The SMILES string of the molecule is Cc1ccc(NC(=O)C2(N)CCOC2)cc1C. The number of aryl methyl sites for hydroxylation is 2. The summed E-state index contributed by atoms with van der Waals surface area (Å²) in [7, 11) is 0. The highest BCUT2D eigenvalue weighted by Crippen LogP contribution is 2.19. The number of nitrogens with two attached hydrogens (primary N) is 1. The Morgan fingerprint density at radius 2 is 2.18 bits per heavy atom. The fraction of sp³-hybridized carbons (Fsp3) is 0.462. The molecule has 1 fully saturated rings. The summed E-state index contributed by atoms with van der Waals surface area (Å²) in [6.07, 6.45) is 0.573. The van der Waals surface area contributed by atoms with Gasteiger partial charge >= 0.3 is 0 Å². The summed E-state index contributed by atoms with van der Waals surface area (Å²) in [5.41, 5.74) is 8.24. The first-order valence-corrected chi connectivity index (χ1v) is 5.77. The molecule has 0 aliphatic carbocycles. The Hall–Kier alpha value is -1.39. The van der Waals surface area contributed by atoms with Crippen LogP contribution in [0.25, 0.3) is 0 Å². The molecule has 0 aromatic heterocycles. The number of hydrogen-bond donors (Lipinski definition) is 2. The number of benzene rings is 1. The molecule has 1 atom stereocenters. The topological polar surface area (TPSA) is 64.4 Å². The van der Waals surface area contributed by atoms with Crippen LogP contribution in [-0.2, 0) is 9.53 Å². The van der Waals surface area contributed by atoms with Crippen LogP contribution in [0.4, 0.5) is 5.69 Å². The highest BCUT2D eigenvalue weighted by Gasteiger charge is 2.38. The van der Waals surface area contributed by atoms with Gasteiger partial charge in [-0.3, -0.25) is 4.79 Å². The number of hydrogen-bond acceptors (Lipinski definition) is 3. The molecule has 1 amide bonds. The van der Waals surface area contributed by atoms with E-state index >= 15 is 0 Å². The van der Waals surface area contributed by atoms with Gasteiger partial charge in [0.05, 0.1) is 6.61 Å². The van der Waals surface area contributed by atoms with E-state index in [9.17, 15) is 4.79 Å². The molecule has 4 nitrogen and oxygen atoms in total. The second kappa shape index (κ2) is 4.47. The molecule has 92 valence electrons. The number of nitrogens with one attached hydrogen (secondary N) is 1. The lowest BCUT2D eigenvalue weighted by molar-refractivity contribution is -0.121. The van der Waals surface area contributed by atoms with Crippen LogP contribution < -0.4 is 11.1 Å². The minimum atomic E-state index is -0.876. The van der Waals surface area contributed by atoms with E-state index in [1.165, 1.54) is 5.56 Å². The Morgan fingerprint density at radius 3 is 2.76 bits per heavy atom. The lowest BCUT2D eigenvalue weighted by Crippen LogP contribution is -2.51. The van der Waals surface area contributed by atoms with Gasteiger partial charge in [0.2, 0.25) is 5.91 Å². The Morgan fingerprint density at radius 1 is 1.41 bits per heavy atom. The van der Waals surface area contributed by atoms with Crippen LogP contribution in [-0.4, -0.2) is 24.7 Å². The Labute approximate surface area is 101 Å². The van der Waals surface area contributed by atoms with Crippen molar-refractivity contribution in [2.45, 2.75) is 25.8 Å². The molecule has 1 aliphatic heterocycles. The van der Waals surface area contributed by atoms with E-state index in [0.29, 0.717) is 19.6 Å². The first kappa shape index (κ1) is 12.1. The summed E-state index contributed by atoms with van der Waals surface area (Å²) in [5.74, 6) is -0.168. The fourth-order valence-corrected chi connectivity index (χ4v) is 1.83. The van der Waals surface area contributed by atoms with E-state index < -0.39 is 5.54 Å². The molecule has 0 radical (unpaired) electrons. The molecule has 1 saturated heterocycles. The smallest absolute Gasteiger partial charge is 0.246 e. The molecular weight excluding hydrogens is 216 g/mol. The summed E-state index contributed by atoms with van der Waals surface area (Å²) in [6.45, 7) is 4.90. The van der Waals surface area contributed by atoms with Crippen LogP contribution in [0.15, 0.2) is 18.2 Å². The lowest BCUT2D eigenvalue weighted by Gasteiger charge is -2.20. The summed E-state index contributed by atoms with van der Waals surface area (Å²) >= 11 is 0. The van der Waals surface area contributed by atoms with Gasteiger partial charge in [-0.15, -0.1) is 0 Å². The van der Waals surface area contributed by atoms with Crippen molar-refractivity contribution in [3.05, 3.63) is 29.3 Å². The molecule has 1 unspecified atom stereocenters. The van der Waals surface area contributed by atoms with E-state index in [1.54, 1.807) is 0 Å². The lowest BCUT2D eigenvalue weighted by atomic mass is 9.99. The van der Waals surface area contributed by atoms with E-state index in [2.05, 4.69) is 5.32 Å². The maximum atomic E-state index is 12.0. The zero-order valence-electron chi connectivity index (χ0n) is 10.2. The average Bonchev–Trinajstić information content (AvgIpc) is 2.72. The van der Waals surface area contributed by atoms with Gasteiger partial charge in [-0.25, -0.2) is 0 Å². The van der Waals surface area contributed by atoms with Crippen LogP contribution >= 0.6 is 0 Å². The summed E-state index contributed by atoms with van der Waals surface area (Å²) in [5, 5.41) is 2.85. The molecular formula is C13H18N2O2. The van der Waals surface area contributed by atoms with E-state index in [1.807, 2.05) is 32.0 Å². The number of carbonyl (C=O) groups is 1. The molecule has 4 heteroatoms. The maximum absolute atomic E-state index is 12.0. The fourth-order valence-electron chi connectivity index (χ4n) is 1.83. The maximum Gasteiger partial charge on any atom is 0.246 e. The van der Waals surface area contributed by atoms with E-state index in [-0.39, 0.29) is 5.91 Å². The van der Waals surface area contributed by atoms with Crippen molar-refractivity contribution in [1.82, 2.24) is 0 Å². The Bertz CT molecular complexity index is 437. The van der Waals surface area contributed by atoms with Crippen LogP contribution in [0.5, 0.6) is 0 Å². The molecule has 17 heavy (non-hydrogen) atoms. The molecule has 0 saturated carbocycles. The van der Waals surface area contributed by atoms with Gasteiger partial charge in [-0.2, -0.15) is 0 Å². The van der Waals surface area contributed by atoms with Crippen LogP contribution in [0.1, 0.15) is 17.5 Å². The Kier molecular flexibility index (Phi) is 3.17. The monoisotopic (exact) mass is 234 g/mol. The summed E-state index contributed by atoms with van der Waals surface area (Å²) in [6, 6.07) is 5.82. The molecule has 1 aliphatic rings. The number of ether oxygens (including phenoxy) is 1. The first-order chi connectivity index (χ1) is 8.01. The normalized spacial score (nSPS) is 23.7. The number of carbonyl (C=O) groups excluding carboxylic acids is 1. The standard InChI is InChI=1S/C13H18N2O2/c1-9-3-4-11(7-10(9)2)15-12(16)13(14)5-6-17-8-13/h3-4,7H,5-6,8,14H2,1-2H3,(H,15,16). The molecule has 0 bridgehead atoms. The third-order valence-corrected chi connectivity index (χ3v) is 3.27. The van der Waals surface area contributed by atoms with Crippen LogP contribution in [0.3, 0.4) is 0 Å². The van der Waals surface area contributed by atoms with Gasteiger partial charge in [0, 0.05) is 12.3 Å². The predicted molar refractivity (Wildman–Crippen MR) is 66.9 cm³/mol. The molecule has 1 aromatic rings. The van der Waals surface area contributed by atoms with E-state index in [4.69, 9.17) is 10.5 Å².